The maximum atomic E-state index is 5.87. The van der Waals surface area contributed by atoms with Crippen molar-refractivity contribution in [2.45, 2.75) is 12.8 Å². The van der Waals surface area contributed by atoms with Gasteiger partial charge in [-0.25, -0.2) is 0 Å². The first-order valence-electron chi connectivity index (χ1n) is 5.63. The Kier molecular flexibility index (Phi) is 3.37. The number of aryl methyl sites for hydroxylation is 1. The van der Waals surface area contributed by atoms with Crippen LogP contribution in [0.1, 0.15) is 22.6 Å². The second-order valence-corrected chi connectivity index (χ2v) is 4.11. The minimum atomic E-state index is 0.307. The average molecular weight is 211 g/mol. The quantitative estimate of drug-likeness (QED) is 0.829. The van der Waals surface area contributed by atoms with Gasteiger partial charge in [-0.1, -0.05) is 60.2 Å². The van der Waals surface area contributed by atoms with Gasteiger partial charge in [0, 0.05) is 12.5 Å². The lowest BCUT2D eigenvalue weighted by Crippen LogP contribution is -2.13. The molecule has 0 amide bonds. The molecule has 82 valence electrons. The lowest BCUT2D eigenvalue weighted by molar-refractivity contribution is 0.819. The van der Waals surface area contributed by atoms with Crippen LogP contribution in [0, 0.1) is 6.92 Å². The van der Waals surface area contributed by atoms with Crippen molar-refractivity contribution < 1.29 is 0 Å². The molecule has 0 saturated carbocycles. The highest BCUT2D eigenvalue weighted by molar-refractivity contribution is 5.34. The Labute approximate surface area is 96.9 Å². The summed E-state index contributed by atoms with van der Waals surface area (Å²) in [6, 6.07) is 19.0. The van der Waals surface area contributed by atoms with Crippen molar-refractivity contribution >= 4 is 0 Å². The van der Waals surface area contributed by atoms with E-state index in [0.29, 0.717) is 12.5 Å². The van der Waals surface area contributed by atoms with Crippen LogP contribution in [-0.2, 0) is 0 Å². The molecule has 2 aromatic rings. The highest BCUT2D eigenvalue weighted by Crippen LogP contribution is 2.23. The highest BCUT2D eigenvalue weighted by Gasteiger charge is 2.11. The summed E-state index contributed by atoms with van der Waals surface area (Å²) in [5.41, 5.74) is 9.74. The summed E-state index contributed by atoms with van der Waals surface area (Å²) in [4.78, 5) is 0. The van der Waals surface area contributed by atoms with E-state index in [-0.39, 0.29) is 0 Å². The van der Waals surface area contributed by atoms with Crippen molar-refractivity contribution in [2.24, 2.45) is 5.73 Å². The van der Waals surface area contributed by atoms with Gasteiger partial charge in [0.25, 0.3) is 0 Å². The van der Waals surface area contributed by atoms with Crippen molar-refractivity contribution in [3.63, 3.8) is 0 Å². The van der Waals surface area contributed by atoms with E-state index < -0.39 is 0 Å². The van der Waals surface area contributed by atoms with Gasteiger partial charge in [-0.3, -0.25) is 0 Å². The molecule has 16 heavy (non-hydrogen) atoms. The monoisotopic (exact) mass is 211 g/mol. The molecule has 1 nitrogen and oxygen atoms in total. The fourth-order valence-electron chi connectivity index (χ4n) is 1.95. The van der Waals surface area contributed by atoms with Crippen LogP contribution >= 0.6 is 0 Å². The van der Waals surface area contributed by atoms with Crippen molar-refractivity contribution in [2.75, 3.05) is 6.54 Å². The van der Waals surface area contributed by atoms with Gasteiger partial charge in [0.05, 0.1) is 0 Å². The molecule has 0 aliphatic heterocycles. The fourth-order valence-corrected chi connectivity index (χ4v) is 1.95. The molecule has 0 aromatic heterocycles. The zero-order chi connectivity index (χ0) is 11.4. The van der Waals surface area contributed by atoms with Gasteiger partial charge in [0.2, 0.25) is 0 Å². The molecule has 0 heterocycles. The molecule has 0 spiro atoms. The maximum Gasteiger partial charge on any atom is 0.0212 e. The predicted molar refractivity (Wildman–Crippen MR) is 68.5 cm³/mol. The maximum absolute atomic E-state index is 5.87. The van der Waals surface area contributed by atoms with E-state index in [1.165, 1.54) is 16.7 Å². The van der Waals surface area contributed by atoms with Crippen LogP contribution in [0.5, 0.6) is 0 Å². The standard InChI is InChI=1S/C15H17N/c1-12-7-9-14(10-8-12)15(11-16)13-5-3-2-4-6-13/h2-10,15H,11,16H2,1H3. The average Bonchev–Trinajstić information content (AvgIpc) is 2.34. The van der Waals surface area contributed by atoms with Crippen molar-refractivity contribution in [3.8, 4) is 0 Å². The molecule has 0 fully saturated rings. The van der Waals surface area contributed by atoms with Crippen molar-refractivity contribution in [1.82, 2.24) is 0 Å². The number of hydrogen-bond donors (Lipinski definition) is 1. The van der Waals surface area contributed by atoms with Crippen LogP contribution in [0.25, 0.3) is 0 Å². The largest absolute Gasteiger partial charge is 0.330 e. The highest BCUT2D eigenvalue weighted by atomic mass is 14.5. The van der Waals surface area contributed by atoms with E-state index in [9.17, 15) is 0 Å². The minimum absolute atomic E-state index is 0.307. The first-order chi connectivity index (χ1) is 7.81. The Hall–Kier alpha value is -1.60. The molecule has 0 aliphatic rings. The van der Waals surface area contributed by atoms with E-state index >= 15 is 0 Å². The Balaban J connectivity index is 2.33. The van der Waals surface area contributed by atoms with Gasteiger partial charge in [0.15, 0.2) is 0 Å². The third-order valence-electron chi connectivity index (χ3n) is 2.92. The molecule has 0 saturated heterocycles. The molecule has 0 aliphatic carbocycles. The normalized spacial score (nSPS) is 12.4. The van der Waals surface area contributed by atoms with Crippen LogP contribution in [0.2, 0.25) is 0 Å². The Morgan fingerprint density at radius 3 is 2.00 bits per heavy atom. The van der Waals surface area contributed by atoms with Crippen molar-refractivity contribution in [3.05, 3.63) is 71.3 Å². The number of rotatable bonds is 3. The molecule has 2 rings (SSSR count). The van der Waals surface area contributed by atoms with Gasteiger partial charge >= 0.3 is 0 Å². The zero-order valence-corrected chi connectivity index (χ0v) is 9.56. The molecule has 1 unspecified atom stereocenters. The first-order valence-corrected chi connectivity index (χ1v) is 5.63. The molecule has 1 heteroatoms. The van der Waals surface area contributed by atoms with E-state index in [2.05, 4.69) is 55.5 Å². The molecular formula is C15H17N. The van der Waals surface area contributed by atoms with Crippen molar-refractivity contribution in [1.29, 1.82) is 0 Å². The van der Waals surface area contributed by atoms with Crippen LogP contribution in [0.4, 0.5) is 0 Å². The number of benzene rings is 2. The second-order valence-electron chi connectivity index (χ2n) is 4.11. The van der Waals surface area contributed by atoms with E-state index in [0.717, 1.165) is 0 Å². The van der Waals surface area contributed by atoms with E-state index in [1.54, 1.807) is 0 Å². The van der Waals surface area contributed by atoms with Gasteiger partial charge in [-0.2, -0.15) is 0 Å². The smallest absolute Gasteiger partial charge is 0.0212 e. The van der Waals surface area contributed by atoms with Gasteiger partial charge in [-0.15, -0.1) is 0 Å². The molecule has 2 N–H and O–H groups in total. The van der Waals surface area contributed by atoms with Crippen LogP contribution in [-0.4, -0.2) is 6.54 Å². The topological polar surface area (TPSA) is 26.0 Å². The minimum Gasteiger partial charge on any atom is -0.330 e. The summed E-state index contributed by atoms with van der Waals surface area (Å²) in [6.07, 6.45) is 0. The summed E-state index contributed by atoms with van der Waals surface area (Å²) < 4.78 is 0. The number of nitrogens with two attached hydrogens (primary N) is 1. The summed E-state index contributed by atoms with van der Waals surface area (Å²) in [5, 5.41) is 0. The van der Waals surface area contributed by atoms with Crippen LogP contribution < -0.4 is 5.73 Å². The van der Waals surface area contributed by atoms with Gasteiger partial charge in [-0.05, 0) is 18.1 Å². The van der Waals surface area contributed by atoms with Crippen LogP contribution in [0.15, 0.2) is 54.6 Å². The lowest BCUT2D eigenvalue weighted by Gasteiger charge is -2.15. The van der Waals surface area contributed by atoms with E-state index in [4.69, 9.17) is 5.73 Å². The summed E-state index contributed by atoms with van der Waals surface area (Å²) in [7, 11) is 0. The van der Waals surface area contributed by atoms with E-state index in [1.807, 2.05) is 6.07 Å². The molecule has 2 aromatic carbocycles. The first kappa shape index (κ1) is 10.9. The summed E-state index contributed by atoms with van der Waals surface area (Å²) in [5.74, 6) is 0.307. The summed E-state index contributed by atoms with van der Waals surface area (Å²) in [6.45, 7) is 2.75. The second kappa shape index (κ2) is 4.95. The molecule has 1 atom stereocenters. The molecule has 0 radical (unpaired) electrons. The van der Waals surface area contributed by atoms with Gasteiger partial charge in [0.1, 0.15) is 0 Å². The Bertz CT molecular complexity index is 431. The van der Waals surface area contributed by atoms with Crippen LogP contribution in [0.3, 0.4) is 0 Å². The third-order valence-corrected chi connectivity index (χ3v) is 2.92. The number of hydrogen-bond acceptors (Lipinski definition) is 1. The van der Waals surface area contributed by atoms with Gasteiger partial charge < -0.3 is 5.73 Å². The zero-order valence-electron chi connectivity index (χ0n) is 9.56. The Morgan fingerprint density at radius 1 is 0.875 bits per heavy atom. The Morgan fingerprint density at radius 2 is 1.44 bits per heavy atom. The third kappa shape index (κ3) is 2.31. The summed E-state index contributed by atoms with van der Waals surface area (Å²) >= 11 is 0. The SMILES string of the molecule is Cc1ccc(C(CN)c2ccccc2)cc1. The molecule has 0 bridgehead atoms. The lowest BCUT2D eigenvalue weighted by atomic mass is 9.91. The molecular weight excluding hydrogens is 194 g/mol. The predicted octanol–water partition coefficient (Wildman–Crippen LogP) is 3.09. The fraction of sp³-hybridized carbons (Fsp3) is 0.200.